The monoisotopic (exact) mass is 218 g/mol. The maximum absolute atomic E-state index is 10.6. The first-order chi connectivity index (χ1) is 7.10. The Hall–Kier alpha value is -0.910. The normalized spacial score (nSPS) is 14.3. The summed E-state index contributed by atoms with van der Waals surface area (Å²) in [5, 5.41) is 9.30. The topological polar surface area (TPSA) is 65.0 Å². The van der Waals surface area contributed by atoms with Crippen molar-refractivity contribution >= 4 is 5.97 Å². The smallest absolute Gasteiger partial charge is 0.330 e. The van der Waals surface area contributed by atoms with Gasteiger partial charge in [-0.2, -0.15) is 0 Å². The molecule has 0 spiro atoms. The first-order valence-corrected chi connectivity index (χ1v) is 4.68. The van der Waals surface area contributed by atoms with Crippen molar-refractivity contribution in [3.63, 3.8) is 0 Å². The van der Waals surface area contributed by atoms with Gasteiger partial charge in [0, 0.05) is 13.2 Å². The third-order valence-electron chi connectivity index (χ3n) is 1.65. The number of hydrogen-bond acceptors (Lipinski definition) is 5. The van der Waals surface area contributed by atoms with Gasteiger partial charge in [0.1, 0.15) is 12.7 Å². The Kier molecular flexibility index (Phi) is 7.89. The zero-order chi connectivity index (χ0) is 11.7. The van der Waals surface area contributed by atoms with E-state index in [1.54, 1.807) is 7.11 Å². The summed E-state index contributed by atoms with van der Waals surface area (Å²) in [4.78, 5) is 10.6. The summed E-state index contributed by atoms with van der Waals surface area (Å²) in [6, 6.07) is 0. The molecule has 2 atom stereocenters. The molecule has 1 N–H and O–H groups in total. The minimum atomic E-state index is -0.821. The van der Waals surface area contributed by atoms with Crippen LogP contribution in [0.2, 0.25) is 0 Å². The van der Waals surface area contributed by atoms with Crippen LogP contribution >= 0.6 is 0 Å². The van der Waals surface area contributed by atoms with Gasteiger partial charge < -0.3 is 19.3 Å². The van der Waals surface area contributed by atoms with Crippen molar-refractivity contribution < 1.29 is 24.1 Å². The number of ether oxygens (including phenoxy) is 3. The van der Waals surface area contributed by atoms with E-state index in [4.69, 9.17) is 9.47 Å². The average molecular weight is 218 g/mol. The highest BCUT2D eigenvalue weighted by atomic mass is 16.6. The predicted octanol–water partition coefficient (Wildman–Crippen LogP) is 0.128. The lowest BCUT2D eigenvalue weighted by Gasteiger charge is -2.13. The van der Waals surface area contributed by atoms with Crippen LogP contribution in [0.4, 0.5) is 0 Å². The third kappa shape index (κ3) is 8.11. The summed E-state index contributed by atoms with van der Waals surface area (Å²) in [6.45, 7) is 5.49. The maximum atomic E-state index is 10.6. The van der Waals surface area contributed by atoms with E-state index in [-0.39, 0.29) is 19.3 Å². The molecule has 0 saturated carbocycles. The molecule has 0 saturated heterocycles. The highest BCUT2D eigenvalue weighted by Crippen LogP contribution is 1.93. The minimum Gasteiger partial charge on any atom is -0.460 e. The van der Waals surface area contributed by atoms with Gasteiger partial charge in [0.2, 0.25) is 0 Å². The van der Waals surface area contributed by atoms with E-state index in [1.807, 2.05) is 6.92 Å². The maximum Gasteiger partial charge on any atom is 0.330 e. The number of carbonyl (C=O) groups is 1. The van der Waals surface area contributed by atoms with Crippen molar-refractivity contribution in [1.82, 2.24) is 0 Å². The number of hydrogen-bond donors (Lipinski definition) is 1. The molecule has 0 fully saturated rings. The van der Waals surface area contributed by atoms with Gasteiger partial charge in [0.15, 0.2) is 0 Å². The van der Waals surface area contributed by atoms with Crippen LogP contribution in [0.3, 0.4) is 0 Å². The van der Waals surface area contributed by atoms with Crippen LogP contribution in [0, 0.1) is 0 Å². The van der Waals surface area contributed by atoms with Crippen LogP contribution in [0.25, 0.3) is 0 Å². The fourth-order valence-electron chi connectivity index (χ4n) is 0.723. The first kappa shape index (κ1) is 14.1. The van der Waals surface area contributed by atoms with Gasteiger partial charge in [-0.25, -0.2) is 4.79 Å². The first-order valence-electron chi connectivity index (χ1n) is 4.68. The van der Waals surface area contributed by atoms with Crippen molar-refractivity contribution in [1.29, 1.82) is 0 Å². The molecular formula is C10H18O5. The van der Waals surface area contributed by atoms with Gasteiger partial charge in [0.25, 0.3) is 0 Å². The van der Waals surface area contributed by atoms with Crippen molar-refractivity contribution in [2.24, 2.45) is 0 Å². The molecule has 5 heteroatoms. The van der Waals surface area contributed by atoms with Crippen molar-refractivity contribution in [3.8, 4) is 0 Å². The highest BCUT2D eigenvalue weighted by Gasteiger charge is 2.08. The molecule has 2 unspecified atom stereocenters. The van der Waals surface area contributed by atoms with E-state index in [0.717, 1.165) is 6.08 Å². The Morgan fingerprint density at radius 1 is 1.47 bits per heavy atom. The molecule has 0 aliphatic rings. The van der Waals surface area contributed by atoms with E-state index < -0.39 is 12.1 Å². The number of aliphatic hydroxyl groups excluding tert-OH is 1. The van der Waals surface area contributed by atoms with Crippen molar-refractivity contribution in [2.75, 3.05) is 26.9 Å². The zero-order valence-corrected chi connectivity index (χ0v) is 9.14. The van der Waals surface area contributed by atoms with Crippen molar-refractivity contribution in [2.45, 2.75) is 19.1 Å². The Bertz CT molecular complexity index is 192. The van der Waals surface area contributed by atoms with E-state index in [1.165, 1.54) is 0 Å². The van der Waals surface area contributed by atoms with Gasteiger partial charge in [-0.3, -0.25) is 0 Å². The quantitative estimate of drug-likeness (QED) is 0.463. The molecule has 5 nitrogen and oxygen atoms in total. The number of methoxy groups -OCH3 is 1. The molecule has 0 aromatic rings. The second kappa shape index (κ2) is 8.40. The second-order valence-electron chi connectivity index (χ2n) is 3.07. The molecule has 0 rings (SSSR count). The zero-order valence-electron chi connectivity index (χ0n) is 9.14. The highest BCUT2D eigenvalue weighted by molar-refractivity contribution is 5.81. The lowest BCUT2D eigenvalue weighted by atomic mass is 10.4. The third-order valence-corrected chi connectivity index (χ3v) is 1.65. The summed E-state index contributed by atoms with van der Waals surface area (Å²) in [5.41, 5.74) is 0. The number of carbonyl (C=O) groups excluding carboxylic acids is 1. The molecule has 88 valence electrons. The summed E-state index contributed by atoms with van der Waals surface area (Å²) < 4.78 is 14.7. The molecule has 0 aromatic heterocycles. The van der Waals surface area contributed by atoms with Gasteiger partial charge in [-0.15, -0.1) is 0 Å². The number of rotatable bonds is 8. The molecule has 0 radical (unpaired) electrons. The Balaban J connectivity index is 3.44. The van der Waals surface area contributed by atoms with Gasteiger partial charge in [-0.05, 0) is 6.92 Å². The van der Waals surface area contributed by atoms with Crippen LogP contribution in [-0.4, -0.2) is 50.2 Å². The fraction of sp³-hybridized carbons (Fsp3) is 0.700. The molecule has 15 heavy (non-hydrogen) atoms. The van der Waals surface area contributed by atoms with Crippen LogP contribution in [0.15, 0.2) is 12.7 Å². The summed E-state index contributed by atoms with van der Waals surface area (Å²) in [6.07, 6.45) is 0.200. The van der Waals surface area contributed by atoms with E-state index >= 15 is 0 Å². The number of aliphatic hydroxyl groups is 1. The average Bonchev–Trinajstić information content (AvgIpc) is 2.25. The van der Waals surface area contributed by atoms with Gasteiger partial charge >= 0.3 is 5.97 Å². The van der Waals surface area contributed by atoms with E-state index in [9.17, 15) is 9.90 Å². The summed E-state index contributed by atoms with van der Waals surface area (Å²) >= 11 is 0. The predicted molar refractivity (Wildman–Crippen MR) is 54.5 cm³/mol. The number of esters is 1. The Morgan fingerprint density at radius 3 is 2.67 bits per heavy atom. The Morgan fingerprint density at radius 2 is 2.13 bits per heavy atom. The van der Waals surface area contributed by atoms with Crippen LogP contribution in [0.5, 0.6) is 0 Å². The molecule has 0 bridgehead atoms. The minimum absolute atomic E-state index is 0.0204. The van der Waals surface area contributed by atoms with E-state index in [2.05, 4.69) is 11.3 Å². The van der Waals surface area contributed by atoms with Crippen LogP contribution in [-0.2, 0) is 19.0 Å². The van der Waals surface area contributed by atoms with Crippen LogP contribution < -0.4 is 0 Å². The molecule has 0 aliphatic heterocycles. The second-order valence-corrected chi connectivity index (χ2v) is 3.07. The van der Waals surface area contributed by atoms with Crippen molar-refractivity contribution in [3.05, 3.63) is 12.7 Å². The Labute approximate surface area is 89.6 Å². The van der Waals surface area contributed by atoms with Gasteiger partial charge in [-0.1, -0.05) is 6.58 Å². The van der Waals surface area contributed by atoms with Crippen LogP contribution in [0.1, 0.15) is 6.92 Å². The SMILES string of the molecule is C=CC(=O)OCC(O)COCC(C)OC. The standard InChI is InChI=1S/C10H18O5/c1-4-10(12)15-7-9(11)6-14-5-8(2)13-3/h4,8-9,11H,1,5-7H2,2-3H3. The lowest BCUT2D eigenvalue weighted by Crippen LogP contribution is -2.25. The molecule has 0 aliphatic carbocycles. The molecule has 0 aromatic carbocycles. The molecule has 0 heterocycles. The summed E-state index contributed by atoms with van der Waals surface area (Å²) in [7, 11) is 1.58. The molecule has 0 amide bonds. The lowest BCUT2D eigenvalue weighted by molar-refractivity contribution is -0.142. The van der Waals surface area contributed by atoms with Gasteiger partial charge in [0.05, 0.1) is 19.3 Å². The fourth-order valence-corrected chi connectivity index (χ4v) is 0.723. The van der Waals surface area contributed by atoms with E-state index in [0.29, 0.717) is 6.61 Å². The largest absolute Gasteiger partial charge is 0.460 e. The molecular weight excluding hydrogens is 200 g/mol. The summed E-state index contributed by atoms with van der Waals surface area (Å²) in [5.74, 6) is -0.556.